The van der Waals surface area contributed by atoms with Crippen molar-refractivity contribution in [2.45, 2.75) is 51.5 Å². The Balaban J connectivity index is 1.63. The van der Waals surface area contributed by atoms with Gasteiger partial charge in [0.2, 0.25) is 0 Å². The molecule has 1 fully saturated rings. The molecule has 132 valence electrons. The van der Waals surface area contributed by atoms with Crippen LogP contribution in [0.3, 0.4) is 0 Å². The predicted molar refractivity (Wildman–Crippen MR) is 94.5 cm³/mol. The lowest BCUT2D eigenvalue weighted by Crippen LogP contribution is -2.20. The van der Waals surface area contributed by atoms with Crippen molar-refractivity contribution in [1.82, 2.24) is 9.55 Å². The monoisotopic (exact) mass is 342 g/mol. The van der Waals surface area contributed by atoms with Crippen LogP contribution in [-0.4, -0.2) is 20.4 Å². The van der Waals surface area contributed by atoms with Crippen LogP contribution in [0.4, 0.5) is 11.5 Å². The third-order valence-corrected chi connectivity index (χ3v) is 4.79. The topological polar surface area (TPSA) is 90.1 Å². The van der Waals surface area contributed by atoms with Gasteiger partial charge in [-0.05, 0) is 41.4 Å². The second-order valence-corrected chi connectivity index (χ2v) is 6.51. The van der Waals surface area contributed by atoms with Gasteiger partial charge in [-0.2, -0.15) is 0 Å². The van der Waals surface area contributed by atoms with Crippen LogP contribution in [0.1, 0.15) is 49.4 Å². The highest BCUT2D eigenvalue weighted by Crippen LogP contribution is 2.32. The zero-order valence-electron chi connectivity index (χ0n) is 14.3. The maximum atomic E-state index is 12.2. The summed E-state index contributed by atoms with van der Waals surface area (Å²) in [5.74, 6) is 0.569. The second-order valence-electron chi connectivity index (χ2n) is 6.51. The first-order valence-corrected chi connectivity index (χ1v) is 8.61. The minimum atomic E-state index is -0.535. The van der Waals surface area contributed by atoms with E-state index in [0.717, 1.165) is 0 Å². The van der Waals surface area contributed by atoms with Gasteiger partial charge in [0.25, 0.3) is 5.91 Å². The molecule has 0 bridgehead atoms. The van der Waals surface area contributed by atoms with Crippen molar-refractivity contribution in [3.63, 3.8) is 0 Å². The number of hydrogen-bond acceptors (Lipinski definition) is 4. The number of benzene rings is 1. The molecule has 1 aliphatic carbocycles. The van der Waals surface area contributed by atoms with Crippen molar-refractivity contribution in [2.24, 2.45) is 0 Å². The summed E-state index contributed by atoms with van der Waals surface area (Å²) in [6.07, 6.45) is 7.52. The van der Waals surface area contributed by atoms with Crippen molar-refractivity contribution in [2.75, 3.05) is 5.32 Å². The Kier molecular flexibility index (Phi) is 5.11. The molecule has 1 N–H and O–H groups in total. The quantitative estimate of drug-likeness (QED) is 0.661. The van der Waals surface area contributed by atoms with E-state index in [0.29, 0.717) is 17.4 Å². The molecule has 0 atom stereocenters. The van der Waals surface area contributed by atoms with E-state index in [1.54, 1.807) is 6.92 Å². The van der Waals surface area contributed by atoms with Crippen LogP contribution in [-0.2, 0) is 11.3 Å². The number of hydrogen-bond donors (Lipinski definition) is 1. The summed E-state index contributed by atoms with van der Waals surface area (Å²) in [6, 6.07) is 7.93. The minimum absolute atomic E-state index is 0.132. The van der Waals surface area contributed by atoms with Crippen LogP contribution >= 0.6 is 0 Å². The highest BCUT2D eigenvalue weighted by Gasteiger charge is 2.20. The summed E-state index contributed by atoms with van der Waals surface area (Å²) in [4.78, 5) is 26.6. The molecule has 1 saturated carbocycles. The van der Waals surface area contributed by atoms with Crippen LogP contribution in [0.25, 0.3) is 0 Å². The Morgan fingerprint density at radius 1 is 1.28 bits per heavy atom. The van der Waals surface area contributed by atoms with Gasteiger partial charge in [-0.1, -0.05) is 31.4 Å². The maximum absolute atomic E-state index is 12.2. The van der Waals surface area contributed by atoms with Crippen LogP contribution in [0.2, 0.25) is 0 Å². The fourth-order valence-electron chi connectivity index (χ4n) is 3.42. The zero-order valence-corrected chi connectivity index (χ0v) is 14.3. The smallest absolute Gasteiger partial charge is 0.343 e. The molecule has 1 aromatic carbocycles. The number of nitrogens with zero attached hydrogens (tertiary/aromatic N) is 3. The van der Waals surface area contributed by atoms with E-state index in [4.69, 9.17) is 0 Å². The second kappa shape index (κ2) is 7.46. The summed E-state index contributed by atoms with van der Waals surface area (Å²) in [6.45, 7) is 1.51. The number of carbonyl (C=O) groups excluding carboxylic acids is 1. The molecule has 0 spiro atoms. The lowest BCUT2D eigenvalue weighted by molar-refractivity contribution is -0.392. The van der Waals surface area contributed by atoms with Gasteiger partial charge in [0.05, 0.1) is 0 Å². The number of amides is 1. The first-order valence-electron chi connectivity index (χ1n) is 8.61. The van der Waals surface area contributed by atoms with Gasteiger partial charge in [-0.3, -0.25) is 4.79 Å². The Hall–Kier alpha value is -2.70. The molecule has 0 aliphatic heterocycles. The largest absolute Gasteiger partial charge is 0.358 e. The standard InChI is InChI=1S/C18H22N4O3/c1-13-19-11-18(22(24)25)21(13)12-17(23)20-16-9-7-15(8-10-16)14-5-3-2-4-6-14/h7-11,14H,2-6,12H2,1H3,(H,20,23). The van der Waals surface area contributed by atoms with Crippen molar-refractivity contribution in [1.29, 1.82) is 0 Å². The number of nitro groups is 1. The van der Waals surface area contributed by atoms with Crippen LogP contribution in [0, 0.1) is 17.0 Å². The molecule has 0 unspecified atom stereocenters. The van der Waals surface area contributed by atoms with E-state index in [9.17, 15) is 14.9 Å². The van der Waals surface area contributed by atoms with Crippen molar-refractivity contribution >= 4 is 17.4 Å². The average Bonchev–Trinajstić information content (AvgIpc) is 2.97. The lowest BCUT2D eigenvalue weighted by Gasteiger charge is -2.22. The van der Waals surface area contributed by atoms with Crippen LogP contribution in [0.15, 0.2) is 30.5 Å². The number of carbonyl (C=O) groups is 1. The van der Waals surface area contributed by atoms with E-state index in [1.165, 1.54) is 48.4 Å². The summed E-state index contributed by atoms with van der Waals surface area (Å²) in [5.41, 5.74) is 2.02. The molecule has 1 heterocycles. The van der Waals surface area contributed by atoms with E-state index in [2.05, 4.69) is 22.4 Å². The predicted octanol–water partition coefficient (Wildman–Crippen LogP) is 3.79. The van der Waals surface area contributed by atoms with E-state index in [-0.39, 0.29) is 18.3 Å². The van der Waals surface area contributed by atoms with Crippen molar-refractivity contribution in [3.8, 4) is 0 Å². The average molecular weight is 342 g/mol. The van der Waals surface area contributed by atoms with Gasteiger partial charge >= 0.3 is 5.82 Å². The SMILES string of the molecule is Cc1ncc([N+](=O)[O-])n1CC(=O)Nc1ccc(C2CCCCC2)cc1. The molecule has 7 nitrogen and oxygen atoms in total. The normalized spacial score (nSPS) is 15.1. The van der Waals surface area contributed by atoms with Crippen LogP contribution < -0.4 is 5.32 Å². The number of nitrogens with one attached hydrogen (secondary N) is 1. The fourth-order valence-corrected chi connectivity index (χ4v) is 3.42. The highest BCUT2D eigenvalue weighted by atomic mass is 16.6. The summed E-state index contributed by atoms with van der Waals surface area (Å²) in [7, 11) is 0. The summed E-state index contributed by atoms with van der Waals surface area (Å²) < 4.78 is 1.30. The van der Waals surface area contributed by atoms with Gasteiger partial charge in [-0.15, -0.1) is 0 Å². The Morgan fingerprint density at radius 3 is 2.60 bits per heavy atom. The molecular formula is C18H22N4O3. The van der Waals surface area contributed by atoms with Gasteiger partial charge < -0.3 is 15.4 Å². The number of aryl methyl sites for hydroxylation is 1. The lowest BCUT2D eigenvalue weighted by atomic mass is 9.84. The molecule has 1 amide bonds. The van der Waals surface area contributed by atoms with Crippen LogP contribution in [0.5, 0.6) is 0 Å². The van der Waals surface area contributed by atoms with E-state index in [1.807, 2.05) is 12.1 Å². The number of rotatable bonds is 5. The summed E-state index contributed by atoms with van der Waals surface area (Å²) in [5, 5.41) is 13.8. The molecule has 3 rings (SSSR count). The third kappa shape index (κ3) is 4.04. The number of anilines is 1. The molecule has 0 saturated heterocycles. The first kappa shape index (κ1) is 17.1. The zero-order chi connectivity index (χ0) is 17.8. The van der Waals surface area contributed by atoms with Gasteiger partial charge in [0.15, 0.2) is 12.4 Å². The Morgan fingerprint density at radius 2 is 1.96 bits per heavy atom. The minimum Gasteiger partial charge on any atom is -0.358 e. The van der Waals surface area contributed by atoms with Crippen molar-refractivity contribution < 1.29 is 9.72 Å². The summed E-state index contributed by atoms with van der Waals surface area (Å²) >= 11 is 0. The number of aromatic nitrogens is 2. The van der Waals surface area contributed by atoms with E-state index < -0.39 is 4.92 Å². The first-order chi connectivity index (χ1) is 12.0. The fraction of sp³-hybridized carbons (Fsp3) is 0.444. The van der Waals surface area contributed by atoms with Gasteiger partial charge in [0, 0.05) is 12.6 Å². The Bertz CT molecular complexity index is 761. The molecule has 1 aromatic heterocycles. The van der Waals surface area contributed by atoms with E-state index >= 15 is 0 Å². The Labute approximate surface area is 146 Å². The molecular weight excluding hydrogens is 320 g/mol. The molecule has 0 radical (unpaired) electrons. The molecule has 1 aliphatic rings. The number of imidazole rings is 1. The molecule has 2 aromatic rings. The van der Waals surface area contributed by atoms with Gasteiger partial charge in [-0.25, -0.2) is 9.55 Å². The molecule has 25 heavy (non-hydrogen) atoms. The maximum Gasteiger partial charge on any atom is 0.343 e. The van der Waals surface area contributed by atoms with Gasteiger partial charge in [0.1, 0.15) is 6.20 Å². The highest BCUT2D eigenvalue weighted by molar-refractivity contribution is 5.90. The molecule has 7 heteroatoms. The van der Waals surface area contributed by atoms with Crippen molar-refractivity contribution in [3.05, 3.63) is 52.0 Å². The third-order valence-electron chi connectivity index (χ3n) is 4.79.